The third-order valence-corrected chi connectivity index (χ3v) is 13.7. The third-order valence-electron chi connectivity index (χ3n) is 13.7. The normalized spacial score (nSPS) is 13.0. The van der Waals surface area contributed by atoms with E-state index < -0.39 is 18.2 Å². The number of amides is 1. The molecule has 0 rings (SSSR count). The maximum atomic E-state index is 13.3. The number of unbranched alkanes of at least 4 members (excludes halogenated alkanes) is 41. The number of carbonyl (C=O) groups is 2. The average Bonchev–Trinajstić information content (AvgIpc) is 3.28. The van der Waals surface area contributed by atoms with E-state index in [1.165, 1.54) is 244 Å². The minimum atomic E-state index is -0.780. The zero-order valence-corrected chi connectivity index (χ0v) is 43.0. The van der Waals surface area contributed by atoms with Crippen LogP contribution in [0, 0.1) is 0 Å². The molecule has 1 amide bonds. The van der Waals surface area contributed by atoms with Crippen LogP contribution in [0.3, 0.4) is 0 Å². The van der Waals surface area contributed by atoms with Gasteiger partial charge in [0.05, 0.1) is 25.2 Å². The molecule has 0 radical (unpaired) electrons. The van der Waals surface area contributed by atoms with Gasteiger partial charge < -0.3 is 20.3 Å². The van der Waals surface area contributed by atoms with E-state index in [1.807, 2.05) is 0 Å². The van der Waals surface area contributed by atoms with Crippen molar-refractivity contribution in [2.24, 2.45) is 0 Å². The fourth-order valence-corrected chi connectivity index (χ4v) is 9.32. The molecule has 0 spiro atoms. The summed E-state index contributed by atoms with van der Waals surface area (Å²) in [6.07, 6.45) is 57.4. The van der Waals surface area contributed by atoms with Crippen LogP contribution in [0.2, 0.25) is 0 Å². The van der Waals surface area contributed by atoms with E-state index in [-0.39, 0.29) is 24.9 Å². The molecule has 0 aliphatic heterocycles. The Morgan fingerprint density at radius 3 is 0.968 bits per heavy atom. The Labute approximate surface area is 394 Å². The van der Waals surface area contributed by atoms with E-state index in [1.54, 1.807) is 0 Å². The molecule has 0 fully saturated rings. The maximum absolute atomic E-state index is 13.3. The van der Waals surface area contributed by atoms with Gasteiger partial charge in [-0.2, -0.15) is 0 Å². The lowest BCUT2D eigenvalue weighted by Crippen LogP contribution is -2.46. The van der Waals surface area contributed by atoms with Crippen LogP contribution in [0.1, 0.15) is 329 Å². The Morgan fingerprint density at radius 2 is 0.667 bits per heavy atom. The number of esters is 1. The molecule has 0 aromatic rings. The summed E-state index contributed by atoms with van der Waals surface area (Å²) in [4.78, 5) is 26.2. The molecule has 3 unspecified atom stereocenters. The maximum Gasteiger partial charge on any atom is 0.306 e. The second-order valence-electron chi connectivity index (χ2n) is 20.1. The van der Waals surface area contributed by atoms with Crippen LogP contribution in [0.25, 0.3) is 0 Å². The quantitative estimate of drug-likeness (QED) is 0.0418. The molecule has 376 valence electrons. The molecule has 0 saturated carbocycles. The van der Waals surface area contributed by atoms with E-state index in [9.17, 15) is 19.8 Å². The van der Waals surface area contributed by atoms with Crippen molar-refractivity contribution in [3.8, 4) is 0 Å². The minimum absolute atomic E-state index is 0.0886. The van der Waals surface area contributed by atoms with Crippen LogP contribution in [0.15, 0.2) is 0 Å². The summed E-state index contributed by atoms with van der Waals surface area (Å²) in [5.74, 6) is -0.445. The topological polar surface area (TPSA) is 95.9 Å². The molecule has 0 aliphatic rings. The van der Waals surface area contributed by atoms with E-state index >= 15 is 0 Å². The summed E-state index contributed by atoms with van der Waals surface area (Å²) in [6, 6.07) is -0.693. The number of aliphatic hydroxyl groups excluding tert-OH is 2. The largest absolute Gasteiger partial charge is 0.462 e. The Bertz CT molecular complexity index is 913. The minimum Gasteiger partial charge on any atom is -0.462 e. The number of rotatable bonds is 53. The molecular formula is C57H113NO5. The van der Waals surface area contributed by atoms with Crippen molar-refractivity contribution in [3.05, 3.63) is 0 Å². The van der Waals surface area contributed by atoms with E-state index in [0.29, 0.717) is 19.3 Å². The molecule has 3 N–H and O–H groups in total. The molecule has 0 bridgehead atoms. The van der Waals surface area contributed by atoms with Crippen LogP contribution in [-0.4, -0.2) is 46.9 Å². The van der Waals surface area contributed by atoms with Gasteiger partial charge >= 0.3 is 5.97 Å². The first-order valence-corrected chi connectivity index (χ1v) is 28.8. The van der Waals surface area contributed by atoms with Gasteiger partial charge in [0.25, 0.3) is 0 Å². The molecule has 0 aromatic carbocycles. The monoisotopic (exact) mass is 892 g/mol. The van der Waals surface area contributed by atoms with Gasteiger partial charge in [-0.05, 0) is 25.7 Å². The van der Waals surface area contributed by atoms with Crippen molar-refractivity contribution in [1.82, 2.24) is 5.32 Å². The summed E-state index contributed by atoms with van der Waals surface area (Å²) >= 11 is 0. The van der Waals surface area contributed by atoms with Crippen LogP contribution < -0.4 is 5.32 Å². The predicted molar refractivity (Wildman–Crippen MR) is 274 cm³/mol. The summed E-state index contributed by atoms with van der Waals surface area (Å²) in [7, 11) is 0. The predicted octanol–water partition coefficient (Wildman–Crippen LogP) is 17.5. The van der Waals surface area contributed by atoms with Gasteiger partial charge in [0.2, 0.25) is 5.91 Å². The lowest BCUT2D eigenvalue weighted by molar-refractivity contribution is -0.151. The Morgan fingerprint density at radius 1 is 0.397 bits per heavy atom. The first-order chi connectivity index (χ1) is 31.0. The van der Waals surface area contributed by atoms with Gasteiger partial charge in [-0.25, -0.2) is 0 Å². The van der Waals surface area contributed by atoms with E-state index in [4.69, 9.17) is 4.74 Å². The smallest absolute Gasteiger partial charge is 0.306 e. The molecule has 0 aromatic heterocycles. The lowest BCUT2D eigenvalue weighted by Gasteiger charge is -2.24. The molecule has 63 heavy (non-hydrogen) atoms. The van der Waals surface area contributed by atoms with Crippen molar-refractivity contribution in [2.75, 3.05) is 6.61 Å². The standard InChI is InChI=1S/C57H113NO5/c1-4-7-10-13-16-19-22-25-27-29-32-35-38-41-44-47-50-57(62)63-53(48-45-42-39-36-33-31-28-26-23-20-17-14-11-8-5-2)51-56(61)58-54(52-59)55(60)49-46-43-40-37-34-30-24-21-18-15-12-9-6-3/h53-55,59-60H,4-52H2,1-3H3,(H,58,61). The summed E-state index contributed by atoms with van der Waals surface area (Å²) in [5, 5.41) is 23.9. The van der Waals surface area contributed by atoms with Gasteiger partial charge in [-0.15, -0.1) is 0 Å². The summed E-state index contributed by atoms with van der Waals surface area (Å²) in [5.41, 5.74) is 0. The number of hydrogen-bond donors (Lipinski definition) is 3. The summed E-state index contributed by atoms with van der Waals surface area (Å²) in [6.45, 7) is 6.53. The lowest BCUT2D eigenvalue weighted by atomic mass is 10.0. The highest BCUT2D eigenvalue weighted by Crippen LogP contribution is 2.19. The zero-order chi connectivity index (χ0) is 45.9. The highest BCUT2D eigenvalue weighted by Gasteiger charge is 2.24. The van der Waals surface area contributed by atoms with Crippen LogP contribution in [0.5, 0.6) is 0 Å². The fraction of sp³-hybridized carbons (Fsp3) is 0.965. The molecule has 0 saturated heterocycles. The number of ether oxygens (including phenoxy) is 1. The number of carbonyl (C=O) groups excluding carboxylic acids is 2. The van der Waals surface area contributed by atoms with Crippen molar-refractivity contribution >= 4 is 11.9 Å². The molecule has 0 aliphatic carbocycles. The molecular weight excluding hydrogens is 779 g/mol. The Hall–Kier alpha value is -1.14. The van der Waals surface area contributed by atoms with Gasteiger partial charge in [0.1, 0.15) is 6.10 Å². The van der Waals surface area contributed by atoms with Crippen molar-refractivity contribution < 1.29 is 24.5 Å². The first kappa shape index (κ1) is 61.9. The van der Waals surface area contributed by atoms with Crippen molar-refractivity contribution in [2.45, 2.75) is 347 Å². The van der Waals surface area contributed by atoms with E-state index in [0.717, 1.165) is 38.5 Å². The highest BCUT2D eigenvalue weighted by molar-refractivity contribution is 5.77. The SMILES string of the molecule is CCCCCCCCCCCCCCCCCCC(=O)OC(CCCCCCCCCCCCCCCCC)CC(=O)NC(CO)C(O)CCCCCCCCCCCCCCC. The highest BCUT2D eigenvalue weighted by atomic mass is 16.5. The van der Waals surface area contributed by atoms with Gasteiger partial charge in [0, 0.05) is 6.42 Å². The zero-order valence-electron chi connectivity index (χ0n) is 43.0. The number of nitrogens with one attached hydrogen (secondary N) is 1. The third kappa shape index (κ3) is 47.2. The Balaban J connectivity index is 4.49. The van der Waals surface area contributed by atoms with Crippen LogP contribution in [-0.2, 0) is 14.3 Å². The first-order valence-electron chi connectivity index (χ1n) is 28.8. The average molecular weight is 893 g/mol. The molecule has 3 atom stereocenters. The summed E-state index contributed by atoms with van der Waals surface area (Å²) < 4.78 is 5.97. The Kier molecular flexibility index (Phi) is 50.9. The second kappa shape index (κ2) is 51.8. The van der Waals surface area contributed by atoms with Gasteiger partial charge in [0.15, 0.2) is 0 Å². The molecule has 6 nitrogen and oxygen atoms in total. The number of hydrogen-bond acceptors (Lipinski definition) is 5. The number of aliphatic hydroxyl groups is 2. The second-order valence-corrected chi connectivity index (χ2v) is 20.1. The van der Waals surface area contributed by atoms with Crippen LogP contribution in [0.4, 0.5) is 0 Å². The van der Waals surface area contributed by atoms with Gasteiger partial charge in [-0.1, -0.05) is 290 Å². The molecule has 6 heteroatoms. The van der Waals surface area contributed by atoms with Crippen LogP contribution >= 0.6 is 0 Å². The fourth-order valence-electron chi connectivity index (χ4n) is 9.32. The van der Waals surface area contributed by atoms with Gasteiger partial charge in [-0.3, -0.25) is 9.59 Å². The molecule has 0 heterocycles. The van der Waals surface area contributed by atoms with Crippen molar-refractivity contribution in [3.63, 3.8) is 0 Å². The van der Waals surface area contributed by atoms with Crippen molar-refractivity contribution in [1.29, 1.82) is 0 Å². The van der Waals surface area contributed by atoms with E-state index in [2.05, 4.69) is 26.1 Å².